The number of amides is 2. The minimum absolute atomic E-state index is 0.0298. The summed E-state index contributed by atoms with van der Waals surface area (Å²) in [5.74, 6) is 0.170. The third-order valence-electron chi connectivity index (χ3n) is 4.13. The number of carbonyl (C=O) groups excluding carboxylic acids is 1. The van der Waals surface area contributed by atoms with Gasteiger partial charge in [-0.2, -0.15) is 0 Å². The third kappa shape index (κ3) is 4.14. The molecule has 0 unspecified atom stereocenters. The van der Waals surface area contributed by atoms with Crippen LogP contribution in [0.15, 0.2) is 60.7 Å². The largest absolute Gasteiger partial charge is 0.322 e. The number of anilines is 1. The first kappa shape index (κ1) is 16.5. The molecular weight excluding hydrogens is 324 g/mol. The van der Waals surface area contributed by atoms with Crippen molar-refractivity contribution in [3.63, 3.8) is 0 Å². The van der Waals surface area contributed by atoms with Crippen molar-refractivity contribution in [3.05, 3.63) is 66.2 Å². The van der Waals surface area contributed by atoms with E-state index in [1.54, 1.807) is 4.90 Å². The zero-order valence-electron chi connectivity index (χ0n) is 13.3. The highest BCUT2D eigenvalue weighted by molar-refractivity contribution is 7.91. The number of sulfone groups is 1. The van der Waals surface area contributed by atoms with Gasteiger partial charge in [0.05, 0.1) is 11.5 Å². The maximum absolute atomic E-state index is 12.7. The summed E-state index contributed by atoms with van der Waals surface area (Å²) in [4.78, 5) is 14.4. The van der Waals surface area contributed by atoms with Crippen LogP contribution in [0.3, 0.4) is 0 Å². The van der Waals surface area contributed by atoms with E-state index in [9.17, 15) is 13.2 Å². The monoisotopic (exact) mass is 344 g/mol. The fraction of sp³-hybridized carbons (Fsp3) is 0.278. The van der Waals surface area contributed by atoms with Crippen LogP contribution in [-0.4, -0.2) is 36.9 Å². The molecule has 1 aliphatic rings. The summed E-state index contributed by atoms with van der Waals surface area (Å²) in [6, 6.07) is 18.2. The van der Waals surface area contributed by atoms with Gasteiger partial charge >= 0.3 is 6.03 Å². The Bertz CT molecular complexity index is 792. The van der Waals surface area contributed by atoms with Crippen molar-refractivity contribution >= 4 is 21.6 Å². The van der Waals surface area contributed by atoms with Crippen LogP contribution >= 0.6 is 0 Å². The zero-order chi connectivity index (χ0) is 17.0. The first-order chi connectivity index (χ1) is 11.5. The normalized spacial score (nSPS) is 18.9. The van der Waals surface area contributed by atoms with Crippen LogP contribution in [0, 0.1) is 0 Å². The second-order valence-corrected chi connectivity index (χ2v) is 8.20. The Kier molecular flexibility index (Phi) is 4.85. The number of urea groups is 1. The van der Waals surface area contributed by atoms with Crippen molar-refractivity contribution in [2.45, 2.75) is 19.0 Å². The fourth-order valence-corrected chi connectivity index (χ4v) is 4.62. The average molecular weight is 344 g/mol. The first-order valence-electron chi connectivity index (χ1n) is 7.90. The van der Waals surface area contributed by atoms with Crippen molar-refractivity contribution in [2.75, 3.05) is 16.8 Å². The van der Waals surface area contributed by atoms with Gasteiger partial charge < -0.3 is 10.2 Å². The van der Waals surface area contributed by atoms with Gasteiger partial charge in [-0.15, -0.1) is 0 Å². The van der Waals surface area contributed by atoms with Crippen LogP contribution in [0.25, 0.3) is 0 Å². The van der Waals surface area contributed by atoms with E-state index in [-0.39, 0.29) is 23.6 Å². The molecule has 1 N–H and O–H groups in total. The van der Waals surface area contributed by atoms with Gasteiger partial charge in [-0.25, -0.2) is 13.2 Å². The molecule has 1 atom stereocenters. The van der Waals surface area contributed by atoms with Crippen LogP contribution in [0.1, 0.15) is 12.0 Å². The molecule has 126 valence electrons. The lowest BCUT2D eigenvalue weighted by atomic mass is 10.1. The van der Waals surface area contributed by atoms with Gasteiger partial charge in [0.2, 0.25) is 0 Å². The minimum atomic E-state index is -3.06. The van der Waals surface area contributed by atoms with Gasteiger partial charge in [-0.3, -0.25) is 0 Å². The Balaban J connectivity index is 1.80. The molecule has 1 aliphatic heterocycles. The van der Waals surface area contributed by atoms with E-state index >= 15 is 0 Å². The van der Waals surface area contributed by atoms with Crippen molar-refractivity contribution in [1.29, 1.82) is 0 Å². The molecule has 1 fully saturated rings. The standard InChI is InChI=1S/C18H20N2O3S/c21-18(19-16-9-5-2-6-10-16)20(13-15-7-3-1-4-8-15)17-11-12-24(22,23)14-17/h1-10,17H,11-14H2,(H,19,21)/t17-/m0/s1. The maximum Gasteiger partial charge on any atom is 0.322 e. The lowest BCUT2D eigenvalue weighted by Gasteiger charge is -2.28. The number of rotatable bonds is 4. The number of para-hydroxylation sites is 1. The molecule has 6 heteroatoms. The quantitative estimate of drug-likeness (QED) is 0.927. The fourth-order valence-electron chi connectivity index (χ4n) is 2.88. The van der Waals surface area contributed by atoms with E-state index in [0.29, 0.717) is 18.7 Å². The highest BCUT2D eigenvalue weighted by atomic mass is 32.2. The smallest absolute Gasteiger partial charge is 0.316 e. The summed E-state index contributed by atoms with van der Waals surface area (Å²) in [6.45, 7) is 0.389. The highest BCUT2D eigenvalue weighted by Crippen LogP contribution is 2.21. The van der Waals surface area contributed by atoms with Crippen LogP contribution < -0.4 is 5.32 Å². The molecule has 0 aromatic heterocycles. The molecular formula is C18H20N2O3S. The Morgan fingerprint density at radius 2 is 1.67 bits per heavy atom. The van der Waals surface area contributed by atoms with Gasteiger partial charge in [-0.05, 0) is 24.1 Å². The average Bonchev–Trinajstić information content (AvgIpc) is 2.94. The van der Waals surface area contributed by atoms with Crippen LogP contribution in [0.2, 0.25) is 0 Å². The van der Waals surface area contributed by atoms with Crippen molar-refractivity contribution < 1.29 is 13.2 Å². The highest BCUT2D eigenvalue weighted by Gasteiger charge is 2.34. The van der Waals surface area contributed by atoms with Gasteiger partial charge in [0, 0.05) is 18.3 Å². The number of hydrogen-bond acceptors (Lipinski definition) is 3. The van der Waals surface area contributed by atoms with Crippen LogP contribution in [-0.2, 0) is 16.4 Å². The van der Waals surface area contributed by atoms with Crippen LogP contribution in [0.4, 0.5) is 10.5 Å². The molecule has 0 radical (unpaired) electrons. The van der Waals surface area contributed by atoms with E-state index in [1.165, 1.54) is 0 Å². The molecule has 2 amide bonds. The lowest BCUT2D eigenvalue weighted by molar-refractivity contribution is 0.190. The molecule has 0 aliphatic carbocycles. The Morgan fingerprint density at radius 3 is 2.25 bits per heavy atom. The van der Waals surface area contributed by atoms with Crippen molar-refractivity contribution in [3.8, 4) is 0 Å². The zero-order valence-corrected chi connectivity index (χ0v) is 14.1. The van der Waals surface area contributed by atoms with Gasteiger partial charge in [-0.1, -0.05) is 48.5 Å². The summed E-state index contributed by atoms with van der Waals surface area (Å²) in [5, 5.41) is 2.86. The van der Waals surface area contributed by atoms with E-state index in [1.807, 2.05) is 60.7 Å². The molecule has 24 heavy (non-hydrogen) atoms. The summed E-state index contributed by atoms with van der Waals surface area (Å²) < 4.78 is 23.6. The molecule has 3 rings (SSSR count). The van der Waals surface area contributed by atoms with Gasteiger partial charge in [0.1, 0.15) is 0 Å². The molecule has 2 aromatic carbocycles. The molecule has 2 aromatic rings. The Morgan fingerprint density at radius 1 is 1.04 bits per heavy atom. The Labute approximate surface area is 142 Å². The Hall–Kier alpha value is -2.34. The summed E-state index contributed by atoms with van der Waals surface area (Å²) in [5.41, 5.74) is 1.67. The number of nitrogens with one attached hydrogen (secondary N) is 1. The molecule has 0 bridgehead atoms. The van der Waals surface area contributed by atoms with Crippen molar-refractivity contribution in [1.82, 2.24) is 4.90 Å². The van der Waals surface area contributed by atoms with Crippen molar-refractivity contribution in [2.24, 2.45) is 0 Å². The molecule has 5 nitrogen and oxygen atoms in total. The summed E-state index contributed by atoms with van der Waals surface area (Å²) in [7, 11) is -3.06. The third-order valence-corrected chi connectivity index (χ3v) is 5.88. The second kappa shape index (κ2) is 7.05. The molecule has 1 saturated heterocycles. The topological polar surface area (TPSA) is 66.5 Å². The number of benzene rings is 2. The van der Waals surface area contributed by atoms with E-state index in [0.717, 1.165) is 5.56 Å². The lowest BCUT2D eigenvalue weighted by Crippen LogP contribution is -2.43. The first-order valence-corrected chi connectivity index (χ1v) is 9.73. The predicted octanol–water partition coefficient (Wildman–Crippen LogP) is 2.91. The molecule has 1 heterocycles. The van der Waals surface area contributed by atoms with E-state index in [4.69, 9.17) is 0 Å². The molecule has 0 spiro atoms. The van der Waals surface area contributed by atoms with Gasteiger partial charge in [0.15, 0.2) is 9.84 Å². The number of nitrogens with zero attached hydrogens (tertiary/aromatic N) is 1. The summed E-state index contributed by atoms with van der Waals surface area (Å²) >= 11 is 0. The van der Waals surface area contributed by atoms with Crippen LogP contribution in [0.5, 0.6) is 0 Å². The SMILES string of the molecule is O=C(Nc1ccccc1)N(Cc1ccccc1)[C@H]1CCS(=O)(=O)C1. The van der Waals surface area contributed by atoms with Gasteiger partial charge in [0.25, 0.3) is 0 Å². The number of hydrogen-bond donors (Lipinski definition) is 1. The predicted molar refractivity (Wildman–Crippen MR) is 94.5 cm³/mol. The number of carbonyl (C=O) groups is 1. The van der Waals surface area contributed by atoms with E-state index < -0.39 is 9.84 Å². The minimum Gasteiger partial charge on any atom is -0.316 e. The van der Waals surface area contributed by atoms with E-state index in [2.05, 4.69) is 5.32 Å². The molecule has 0 saturated carbocycles. The maximum atomic E-state index is 12.7. The summed E-state index contributed by atoms with van der Waals surface area (Å²) in [6.07, 6.45) is 0.484. The second-order valence-electron chi connectivity index (χ2n) is 5.97.